The molecule has 156 valence electrons. The molecule has 1 aliphatic rings. The Morgan fingerprint density at radius 1 is 1.10 bits per heavy atom. The van der Waals surface area contributed by atoms with Gasteiger partial charge < -0.3 is 14.8 Å². The molecule has 0 spiro atoms. The van der Waals surface area contributed by atoms with Crippen LogP contribution in [-0.4, -0.2) is 51.5 Å². The van der Waals surface area contributed by atoms with E-state index in [0.717, 1.165) is 0 Å². The Bertz CT molecular complexity index is 936. The number of amides is 1. The zero-order valence-electron chi connectivity index (χ0n) is 16.6. The number of carbonyl (C=O) groups excluding carboxylic acids is 1. The number of methoxy groups -OCH3 is 1. The van der Waals surface area contributed by atoms with Crippen molar-refractivity contribution in [2.24, 2.45) is 0 Å². The van der Waals surface area contributed by atoms with Crippen molar-refractivity contribution in [1.29, 1.82) is 0 Å². The molecule has 3 rings (SSSR count). The van der Waals surface area contributed by atoms with E-state index in [9.17, 15) is 13.2 Å². The van der Waals surface area contributed by atoms with Gasteiger partial charge in [0.1, 0.15) is 11.5 Å². The third-order valence-corrected chi connectivity index (χ3v) is 6.81. The van der Waals surface area contributed by atoms with Gasteiger partial charge in [-0.2, -0.15) is 4.31 Å². The molecule has 0 bridgehead atoms. The molecule has 0 saturated carbocycles. The Balaban J connectivity index is 1.58. The Hall–Kier alpha value is -2.58. The number of ether oxygens (including phenoxy) is 2. The standard InChI is InChI=1S/C21H26N2O5S/c1-3-28-18-7-9-20(10-8-18)29(25,26)23-13-11-17(12-14-23)22-21(24)16-5-4-6-19(15-16)27-2/h4-10,15,17H,3,11-14H2,1-2H3,(H,22,24). The molecule has 1 aliphatic heterocycles. The number of hydrogen-bond donors (Lipinski definition) is 1. The van der Waals surface area contributed by atoms with Crippen molar-refractivity contribution in [3.05, 3.63) is 54.1 Å². The summed E-state index contributed by atoms with van der Waals surface area (Å²) in [5.74, 6) is 1.08. The van der Waals surface area contributed by atoms with Crippen LogP contribution in [0.25, 0.3) is 0 Å². The highest BCUT2D eigenvalue weighted by atomic mass is 32.2. The van der Waals surface area contributed by atoms with Crippen molar-refractivity contribution in [2.75, 3.05) is 26.8 Å². The predicted octanol–water partition coefficient (Wildman–Crippen LogP) is 2.68. The SMILES string of the molecule is CCOc1ccc(S(=O)(=O)N2CCC(NC(=O)c3cccc(OC)c3)CC2)cc1. The van der Waals surface area contributed by atoms with Gasteiger partial charge in [-0.25, -0.2) is 8.42 Å². The smallest absolute Gasteiger partial charge is 0.251 e. The van der Waals surface area contributed by atoms with Gasteiger partial charge in [0, 0.05) is 24.7 Å². The van der Waals surface area contributed by atoms with Crippen molar-refractivity contribution in [3.8, 4) is 11.5 Å². The number of sulfonamides is 1. The van der Waals surface area contributed by atoms with E-state index in [2.05, 4.69) is 5.32 Å². The quantitative estimate of drug-likeness (QED) is 0.747. The van der Waals surface area contributed by atoms with Crippen LogP contribution in [0.1, 0.15) is 30.1 Å². The van der Waals surface area contributed by atoms with Gasteiger partial charge in [0.25, 0.3) is 5.91 Å². The van der Waals surface area contributed by atoms with Crippen molar-refractivity contribution in [3.63, 3.8) is 0 Å². The second-order valence-electron chi connectivity index (χ2n) is 6.79. The first-order valence-electron chi connectivity index (χ1n) is 9.62. The molecule has 0 unspecified atom stereocenters. The molecule has 2 aromatic rings. The first-order valence-corrected chi connectivity index (χ1v) is 11.1. The molecule has 1 N–H and O–H groups in total. The van der Waals surface area contributed by atoms with Gasteiger partial charge in [-0.1, -0.05) is 6.07 Å². The normalized spacial score (nSPS) is 15.7. The number of nitrogens with one attached hydrogen (secondary N) is 1. The highest BCUT2D eigenvalue weighted by Crippen LogP contribution is 2.23. The van der Waals surface area contributed by atoms with Crippen LogP contribution in [0.15, 0.2) is 53.4 Å². The van der Waals surface area contributed by atoms with Crippen molar-refractivity contribution >= 4 is 15.9 Å². The van der Waals surface area contributed by atoms with E-state index >= 15 is 0 Å². The van der Waals surface area contributed by atoms with E-state index in [1.165, 1.54) is 4.31 Å². The zero-order valence-corrected chi connectivity index (χ0v) is 17.4. The van der Waals surface area contributed by atoms with E-state index < -0.39 is 10.0 Å². The second-order valence-corrected chi connectivity index (χ2v) is 8.73. The third kappa shape index (κ3) is 5.07. The maximum absolute atomic E-state index is 12.9. The summed E-state index contributed by atoms with van der Waals surface area (Å²) in [5.41, 5.74) is 0.522. The molecular formula is C21H26N2O5S. The van der Waals surface area contributed by atoms with Gasteiger partial charge in [0.2, 0.25) is 10.0 Å². The topological polar surface area (TPSA) is 84.9 Å². The fraction of sp³-hybridized carbons (Fsp3) is 0.381. The molecule has 0 atom stereocenters. The molecule has 1 saturated heterocycles. The maximum Gasteiger partial charge on any atom is 0.251 e. The van der Waals surface area contributed by atoms with E-state index in [1.807, 2.05) is 6.92 Å². The molecule has 0 aromatic heterocycles. The Morgan fingerprint density at radius 3 is 2.41 bits per heavy atom. The summed E-state index contributed by atoms with van der Waals surface area (Å²) in [6.07, 6.45) is 1.12. The van der Waals surface area contributed by atoms with Crippen LogP contribution in [0.4, 0.5) is 0 Å². The summed E-state index contributed by atoms with van der Waals surface area (Å²) in [4.78, 5) is 12.7. The number of rotatable bonds is 7. The highest BCUT2D eigenvalue weighted by molar-refractivity contribution is 7.89. The molecule has 2 aromatic carbocycles. The summed E-state index contributed by atoms with van der Waals surface area (Å²) in [7, 11) is -2.01. The predicted molar refractivity (Wildman–Crippen MR) is 110 cm³/mol. The summed E-state index contributed by atoms with van der Waals surface area (Å²) in [6.45, 7) is 3.13. The van der Waals surface area contributed by atoms with Crippen molar-refractivity contribution < 1.29 is 22.7 Å². The number of piperidine rings is 1. The molecule has 8 heteroatoms. The summed E-state index contributed by atoms with van der Waals surface area (Å²) < 4.78 is 37.7. The van der Waals surface area contributed by atoms with E-state index in [0.29, 0.717) is 49.6 Å². The van der Waals surface area contributed by atoms with Gasteiger partial charge in [-0.15, -0.1) is 0 Å². The number of hydrogen-bond acceptors (Lipinski definition) is 5. The monoisotopic (exact) mass is 418 g/mol. The molecular weight excluding hydrogens is 392 g/mol. The van der Waals surface area contributed by atoms with Crippen LogP contribution in [0, 0.1) is 0 Å². The van der Waals surface area contributed by atoms with Gasteiger partial charge in [0.05, 0.1) is 18.6 Å². The molecule has 7 nitrogen and oxygen atoms in total. The lowest BCUT2D eigenvalue weighted by Crippen LogP contribution is -2.46. The fourth-order valence-corrected chi connectivity index (χ4v) is 4.77. The minimum absolute atomic E-state index is 0.0690. The molecule has 1 heterocycles. The van der Waals surface area contributed by atoms with Crippen LogP contribution < -0.4 is 14.8 Å². The first kappa shape index (κ1) is 21.1. The average molecular weight is 419 g/mol. The minimum atomic E-state index is -3.56. The van der Waals surface area contributed by atoms with Crippen LogP contribution in [0.3, 0.4) is 0 Å². The molecule has 1 fully saturated rings. The van der Waals surface area contributed by atoms with Gasteiger partial charge in [-0.05, 0) is 62.2 Å². The lowest BCUT2D eigenvalue weighted by molar-refractivity contribution is 0.0923. The Morgan fingerprint density at radius 2 is 1.79 bits per heavy atom. The van der Waals surface area contributed by atoms with Crippen LogP contribution in [-0.2, 0) is 10.0 Å². The van der Waals surface area contributed by atoms with Crippen molar-refractivity contribution in [1.82, 2.24) is 9.62 Å². The van der Waals surface area contributed by atoms with E-state index in [4.69, 9.17) is 9.47 Å². The molecule has 1 amide bonds. The van der Waals surface area contributed by atoms with E-state index in [-0.39, 0.29) is 16.8 Å². The van der Waals surface area contributed by atoms with Crippen LogP contribution in [0.5, 0.6) is 11.5 Å². The van der Waals surface area contributed by atoms with Crippen LogP contribution >= 0.6 is 0 Å². The maximum atomic E-state index is 12.9. The highest BCUT2D eigenvalue weighted by Gasteiger charge is 2.30. The van der Waals surface area contributed by atoms with Crippen LogP contribution in [0.2, 0.25) is 0 Å². The Labute approximate surface area is 171 Å². The Kier molecular flexibility index (Phi) is 6.76. The van der Waals surface area contributed by atoms with Crippen molar-refractivity contribution in [2.45, 2.75) is 30.7 Å². The van der Waals surface area contributed by atoms with E-state index in [1.54, 1.807) is 55.6 Å². The van der Waals surface area contributed by atoms with Gasteiger partial charge in [-0.3, -0.25) is 4.79 Å². The minimum Gasteiger partial charge on any atom is -0.497 e. The first-order chi connectivity index (χ1) is 13.9. The van der Waals surface area contributed by atoms with Gasteiger partial charge in [0.15, 0.2) is 0 Å². The lowest BCUT2D eigenvalue weighted by atomic mass is 10.1. The molecule has 29 heavy (non-hydrogen) atoms. The fourth-order valence-electron chi connectivity index (χ4n) is 3.30. The third-order valence-electron chi connectivity index (χ3n) is 4.89. The number of benzene rings is 2. The molecule has 0 aliphatic carbocycles. The average Bonchev–Trinajstić information content (AvgIpc) is 2.75. The zero-order chi connectivity index (χ0) is 20.9. The lowest BCUT2D eigenvalue weighted by Gasteiger charge is -2.31. The summed E-state index contributed by atoms with van der Waals surface area (Å²) in [5, 5.41) is 2.99. The van der Waals surface area contributed by atoms with Gasteiger partial charge >= 0.3 is 0 Å². The summed E-state index contributed by atoms with van der Waals surface area (Å²) >= 11 is 0. The molecule has 0 radical (unpaired) electrons. The second kappa shape index (κ2) is 9.28. The summed E-state index contributed by atoms with van der Waals surface area (Å²) in [6, 6.07) is 13.3. The number of nitrogens with zero attached hydrogens (tertiary/aromatic N) is 1. The number of carbonyl (C=O) groups is 1. The largest absolute Gasteiger partial charge is 0.497 e.